The summed E-state index contributed by atoms with van der Waals surface area (Å²) < 4.78 is 4.85. The van der Waals surface area contributed by atoms with Gasteiger partial charge in [0.1, 0.15) is 0 Å². The van der Waals surface area contributed by atoms with Gasteiger partial charge in [-0.3, -0.25) is 4.79 Å². The molecule has 0 aromatic carbocycles. The standard InChI is InChI=1S/C7H10N2O2/c1-4(8)6(10)7-5(2)9-3-11-7/h3-4H,8H2,1-2H3. The van der Waals surface area contributed by atoms with Crippen molar-refractivity contribution in [2.45, 2.75) is 19.9 Å². The Labute approximate surface area is 64.4 Å². The van der Waals surface area contributed by atoms with Gasteiger partial charge in [0.15, 0.2) is 12.2 Å². The highest BCUT2D eigenvalue weighted by molar-refractivity contribution is 5.97. The highest BCUT2D eigenvalue weighted by atomic mass is 16.3. The predicted octanol–water partition coefficient (Wildman–Crippen LogP) is 0.513. The Morgan fingerprint density at radius 2 is 2.45 bits per heavy atom. The molecule has 2 N–H and O–H groups in total. The molecule has 0 bridgehead atoms. The van der Waals surface area contributed by atoms with Gasteiger partial charge in [-0.25, -0.2) is 4.98 Å². The van der Waals surface area contributed by atoms with Crippen LogP contribution in [-0.4, -0.2) is 16.8 Å². The minimum atomic E-state index is -0.526. The number of aryl methyl sites for hydroxylation is 1. The number of carbonyl (C=O) groups is 1. The number of nitrogens with two attached hydrogens (primary N) is 1. The van der Waals surface area contributed by atoms with Gasteiger partial charge in [0.05, 0.1) is 11.7 Å². The third-order valence-electron chi connectivity index (χ3n) is 1.38. The van der Waals surface area contributed by atoms with Gasteiger partial charge in [0.25, 0.3) is 0 Å². The fourth-order valence-electron chi connectivity index (χ4n) is 0.745. The predicted molar refractivity (Wildman–Crippen MR) is 39.2 cm³/mol. The molecule has 1 aromatic heterocycles. The summed E-state index contributed by atoms with van der Waals surface area (Å²) in [5, 5.41) is 0. The zero-order valence-electron chi connectivity index (χ0n) is 6.50. The summed E-state index contributed by atoms with van der Waals surface area (Å²) in [4.78, 5) is 14.9. The molecule has 1 rings (SSSR count). The molecule has 60 valence electrons. The van der Waals surface area contributed by atoms with Gasteiger partial charge in [-0.05, 0) is 13.8 Å². The van der Waals surface area contributed by atoms with Crippen molar-refractivity contribution < 1.29 is 9.21 Å². The Bertz CT molecular complexity index is 265. The molecule has 0 amide bonds. The Morgan fingerprint density at radius 3 is 2.82 bits per heavy atom. The Morgan fingerprint density at radius 1 is 1.82 bits per heavy atom. The number of ketones is 1. The van der Waals surface area contributed by atoms with Crippen LogP contribution in [0.2, 0.25) is 0 Å². The van der Waals surface area contributed by atoms with Gasteiger partial charge < -0.3 is 10.2 Å². The molecular weight excluding hydrogens is 144 g/mol. The van der Waals surface area contributed by atoms with Crippen LogP contribution in [-0.2, 0) is 0 Å². The Balaban J connectivity index is 2.93. The molecule has 1 unspecified atom stereocenters. The summed E-state index contributed by atoms with van der Waals surface area (Å²) in [5.41, 5.74) is 5.95. The van der Waals surface area contributed by atoms with E-state index < -0.39 is 6.04 Å². The van der Waals surface area contributed by atoms with Gasteiger partial charge in [-0.2, -0.15) is 0 Å². The van der Waals surface area contributed by atoms with Crippen molar-refractivity contribution in [3.05, 3.63) is 17.8 Å². The van der Waals surface area contributed by atoms with Crippen molar-refractivity contribution >= 4 is 5.78 Å². The molecular formula is C7H10N2O2. The van der Waals surface area contributed by atoms with Crippen molar-refractivity contribution in [1.29, 1.82) is 0 Å². The lowest BCUT2D eigenvalue weighted by molar-refractivity contribution is 0.0940. The third kappa shape index (κ3) is 1.46. The lowest BCUT2D eigenvalue weighted by Crippen LogP contribution is -2.26. The molecule has 0 radical (unpaired) electrons. The molecule has 0 aliphatic carbocycles. The molecule has 0 aliphatic heterocycles. The molecule has 0 spiro atoms. The first-order valence-corrected chi connectivity index (χ1v) is 3.33. The van der Waals surface area contributed by atoms with Gasteiger partial charge in [0.2, 0.25) is 5.78 Å². The Hall–Kier alpha value is -1.16. The summed E-state index contributed by atoms with van der Waals surface area (Å²) >= 11 is 0. The van der Waals surface area contributed by atoms with Gasteiger partial charge in [-0.15, -0.1) is 0 Å². The van der Waals surface area contributed by atoms with Gasteiger partial charge >= 0.3 is 0 Å². The zero-order chi connectivity index (χ0) is 8.43. The second-order valence-corrected chi connectivity index (χ2v) is 2.42. The maximum Gasteiger partial charge on any atom is 0.216 e. The SMILES string of the molecule is Cc1ncoc1C(=O)C(C)N. The average molecular weight is 154 g/mol. The highest BCUT2D eigenvalue weighted by Crippen LogP contribution is 2.06. The molecule has 11 heavy (non-hydrogen) atoms. The first-order chi connectivity index (χ1) is 5.13. The molecule has 0 aliphatic rings. The van der Waals surface area contributed by atoms with Crippen LogP contribution in [0, 0.1) is 6.92 Å². The molecule has 4 nitrogen and oxygen atoms in total. The summed E-state index contributed by atoms with van der Waals surface area (Å²) in [6, 6.07) is -0.526. The van der Waals surface area contributed by atoms with E-state index in [0.717, 1.165) is 0 Å². The maximum absolute atomic E-state index is 11.2. The minimum Gasteiger partial charge on any atom is -0.440 e. The molecule has 1 atom stereocenters. The lowest BCUT2D eigenvalue weighted by Gasteiger charge is -1.99. The van der Waals surface area contributed by atoms with Crippen molar-refractivity contribution in [2.75, 3.05) is 0 Å². The van der Waals surface area contributed by atoms with E-state index >= 15 is 0 Å². The minimum absolute atomic E-state index is 0.208. The van der Waals surface area contributed by atoms with Crippen LogP contribution in [0.25, 0.3) is 0 Å². The van der Waals surface area contributed by atoms with E-state index in [1.54, 1.807) is 13.8 Å². The number of carbonyl (C=O) groups excluding carboxylic acids is 1. The molecule has 0 saturated carbocycles. The van der Waals surface area contributed by atoms with E-state index in [9.17, 15) is 4.79 Å². The highest BCUT2D eigenvalue weighted by Gasteiger charge is 2.16. The molecule has 1 aromatic rings. The fraction of sp³-hybridized carbons (Fsp3) is 0.429. The summed E-state index contributed by atoms with van der Waals surface area (Å²) in [5.74, 6) is 0.0556. The van der Waals surface area contributed by atoms with E-state index in [-0.39, 0.29) is 11.5 Å². The smallest absolute Gasteiger partial charge is 0.216 e. The average Bonchev–Trinajstić information content (AvgIpc) is 2.33. The quantitative estimate of drug-likeness (QED) is 0.630. The fourth-order valence-corrected chi connectivity index (χ4v) is 0.745. The van der Waals surface area contributed by atoms with Crippen LogP contribution < -0.4 is 5.73 Å². The van der Waals surface area contributed by atoms with Crippen LogP contribution in [0.15, 0.2) is 10.8 Å². The lowest BCUT2D eigenvalue weighted by atomic mass is 10.1. The first-order valence-electron chi connectivity index (χ1n) is 3.33. The van der Waals surface area contributed by atoms with Crippen molar-refractivity contribution in [3.63, 3.8) is 0 Å². The van der Waals surface area contributed by atoms with Crippen LogP contribution >= 0.6 is 0 Å². The van der Waals surface area contributed by atoms with Crippen molar-refractivity contribution in [1.82, 2.24) is 4.98 Å². The monoisotopic (exact) mass is 154 g/mol. The van der Waals surface area contributed by atoms with Crippen LogP contribution in [0.4, 0.5) is 0 Å². The number of oxazole rings is 1. The summed E-state index contributed by atoms with van der Waals surface area (Å²) in [6.07, 6.45) is 1.24. The number of rotatable bonds is 2. The molecule has 1 heterocycles. The molecule has 0 saturated heterocycles. The van der Waals surface area contributed by atoms with E-state index in [2.05, 4.69) is 4.98 Å². The maximum atomic E-state index is 11.2. The van der Waals surface area contributed by atoms with Gasteiger partial charge in [0, 0.05) is 0 Å². The topological polar surface area (TPSA) is 69.1 Å². The summed E-state index contributed by atoms with van der Waals surface area (Å²) in [7, 11) is 0. The number of hydrogen-bond donors (Lipinski definition) is 1. The molecule has 4 heteroatoms. The van der Waals surface area contributed by atoms with Crippen LogP contribution in [0.1, 0.15) is 23.2 Å². The molecule has 0 fully saturated rings. The number of nitrogens with zero attached hydrogens (tertiary/aromatic N) is 1. The van der Waals surface area contributed by atoms with Gasteiger partial charge in [-0.1, -0.05) is 0 Å². The van der Waals surface area contributed by atoms with Crippen LogP contribution in [0.3, 0.4) is 0 Å². The number of hydrogen-bond acceptors (Lipinski definition) is 4. The normalized spacial score (nSPS) is 13.0. The van der Waals surface area contributed by atoms with E-state index in [4.69, 9.17) is 10.2 Å². The van der Waals surface area contributed by atoms with E-state index in [0.29, 0.717) is 5.69 Å². The number of Topliss-reactive ketones (excluding diaryl/α,β-unsaturated/α-hetero) is 1. The largest absolute Gasteiger partial charge is 0.440 e. The third-order valence-corrected chi connectivity index (χ3v) is 1.38. The van der Waals surface area contributed by atoms with Crippen LogP contribution in [0.5, 0.6) is 0 Å². The van der Waals surface area contributed by atoms with Crippen molar-refractivity contribution in [2.24, 2.45) is 5.73 Å². The Kier molecular flexibility index (Phi) is 2.05. The second kappa shape index (κ2) is 2.84. The van der Waals surface area contributed by atoms with E-state index in [1.165, 1.54) is 6.39 Å². The number of aromatic nitrogens is 1. The summed E-state index contributed by atoms with van der Waals surface area (Å²) in [6.45, 7) is 3.32. The zero-order valence-corrected chi connectivity index (χ0v) is 6.50. The van der Waals surface area contributed by atoms with E-state index in [1.807, 2.05) is 0 Å². The second-order valence-electron chi connectivity index (χ2n) is 2.42. The van der Waals surface area contributed by atoms with Crippen molar-refractivity contribution in [3.8, 4) is 0 Å². The first kappa shape index (κ1) is 7.94.